The van der Waals surface area contributed by atoms with Gasteiger partial charge in [0, 0.05) is 37.9 Å². The second kappa shape index (κ2) is 10.6. The smallest absolute Gasteiger partial charge is 0.274 e. The lowest BCUT2D eigenvalue weighted by Gasteiger charge is -2.32. The summed E-state index contributed by atoms with van der Waals surface area (Å²) in [6.45, 7) is 3.95. The Balaban J connectivity index is 0.00000256. The van der Waals surface area contributed by atoms with Crippen LogP contribution < -0.4 is 10.6 Å². The Morgan fingerprint density at radius 1 is 1.13 bits per heavy atom. The zero-order valence-corrected chi connectivity index (χ0v) is 17.9. The van der Waals surface area contributed by atoms with E-state index in [-0.39, 0.29) is 30.1 Å². The number of rotatable bonds is 5. The molecule has 2 fully saturated rings. The number of amides is 2. The third-order valence-corrected chi connectivity index (χ3v) is 5.87. The molecule has 2 unspecified atom stereocenters. The minimum atomic E-state index is -0.0612. The van der Waals surface area contributed by atoms with Crippen molar-refractivity contribution in [1.82, 2.24) is 25.3 Å². The second-order valence-corrected chi connectivity index (χ2v) is 8.02. The zero-order valence-electron chi connectivity index (χ0n) is 17.1. The summed E-state index contributed by atoms with van der Waals surface area (Å²) in [6.07, 6.45) is 6.11. The van der Waals surface area contributed by atoms with Crippen LogP contribution in [0.2, 0.25) is 0 Å². The van der Waals surface area contributed by atoms with Gasteiger partial charge in [0.05, 0.1) is 6.04 Å². The van der Waals surface area contributed by atoms with Crippen molar-refractivity contribution in [3.05, 3.63) is 53.9 Å². The van der Waals surface area contributed by atoms with Crippen LogP contribution in [-0.2, 0) is 0 Å². The van der Waals surface area contributed by atoms with E-state index < -0.39 is 0 Å². The van der Waals surface area contributed by atoms with Crippen LogP contribution in [-0.4, -0.2) is 59.2 Å². The number of benzene rings is 1. The Kier molecular flexibility index (Phi) is 7.87. The standard InChI is InChI=1S/C22H29N5O2.ClH/c28-21(18-7-2-1-3-8-18)24-14-17-6-5-12-26(16-17)22(29)20-10-13-27(25-20)19-9-4-11-23-15-19;/h1-3,7-8,10,13,17,19,23H,4-6,9,11-12,14-16H2,(H,24,28);1H. The zero-order chi connectivity index (χ0) is 20.1. The molecule has 2 aliphatic heterocycles. The Morgan fingerprint density at radius 2 is 1.97 bits per heavy atom. The molecule has 0 aliphatic carbocycles. The van der Waals surface area contributed by atoms with E-state index in [1.807, 2.05) is 52.2 Å². The SMILES string of the molecule is Cl.O=C(NCC1CCCN(C(=O)c2ccn(C3CCCNC3)n2)C1)c1ccccc1. The first-order chi connectivity index (χ1) is 14.2. The molecular weight excluding hydrogens is 402 g/mol. The first kappa shape index (κ1) is 22.3. The maximum Gasteiger partial charge on any atom is 0.274 e. The van der Waals surface area contributed by atoms with Gasteiger partial charge in [-0.25, -0.2) is 0 Å². The van der Waals surface area contributed by atoms with Gasteiger partial charge < -0.3 is 15.5 Å². The number of carbonyl (C=O) groups is 2. The lowest BCUT2D eigenvalue weighted by Crippen LogP contribution is -2.44. The van der Waals surface area contributed by atoms with E-state index in [1.54, 1.807) is 0 Å². The van der Waals surface area contributed by atoms with Gasteiger partial charge in [-0.1, -0.05) is 18.2 Å². The summed E-state index contributed by atoms with van der Waals surface area (Å²) in [5.41, 5.74) is 1.18. The number of hydrogen-bond donors (Lipinski definition) is 2. The van der Waals surface area contributed by atoms with Gasteiger partial charge in [0.2, 0.25) is 0 Å². The van der Waals surface area contributed by atoms with Crippen LogP contribution in [0.1, 0.15) is 52.6 Å². The number of piperidine rings is 2. The molecule has 0 radical (unpaired) electrons. The third-order valence-electron chi connectivity index (χ3n) is 5.87. The van der Waals surface area contributed by atoms with Crippen LogP contribution >= 0.6 is 12.4 Å². The molecule has 2 saturated heterocycles. The van der Waals surface area contributed by atoms with Gasteiger partial charge >= 0.3 is 0 Å². The molecule has 2 amide bonds. The minimum Gasteiger partial charge on any atom is -0.352 e. The molecule has 3 heterocycles. The van der Waals surface area contributed by atoms with Crippen molar-refractivity contribution in [3.8, 4) is 0 Å². The van der Waals surface area contributed by atoms with Crippen LogP contribution in [0.3, 0.4) is 0 Å². The molecule has 2 atom stereocenters. The molecule has 0 saturated carbocycles. The molecule has 8 heteroatoms. The molecule has 162 valence electrons. The van der Waals surface area contributed by atoms with Gasteiger partial charge in [0.1, 0.15) is 5.69 Å². The van der Waals surface area contributed by atoms with E-state index in [9.17, 15) is 9.59 Å². The average molecular weight is 432 g/mol. The van der Waals surface area contributed by atoms with Gasteiger partial charge in [-0.2, -0.15) is 5.10 Å². The highest BCUT2D eigenvalue weighted by Gasteiger charge is 2.27. The summed E-state index contributed by atoms with van der Waals surface area (Å²) < 4.78 is 1.93. The van der Waals surface area contributed by atoms with E-state index in [0.29, 0.717) is 30.4 Å². The largest absolute Gasteiger partial charge is 0.352 e. The summed E-state index contributed by atoms with van der Waals surface area (Å²) in [4.78, 5) is 27.1. The van der Waals surface area contributed by atoms with E-state index in [2.05, 4.69) is 15.7 Å². The Bertz CT molecular complexity index is 835. The number of halogens is 1. The number of nitrogens with one attached hydrogen (secondary N) is 2. The highest BCUT2D eigenvalue weighted by atomic mass is 35.5. The lowest BCUT2D eigenvalue weighted by molar-refractivity contribution is 0.0663. The van der Waals surface area contributed by atoms with Crippen molar-refractivity contribution in [2.24, 2.45) is 5.92 Å². The Hall–Kier alpha value is -2.38. The Labute approximate surface area is 183 Å². The summed E-state index contributed by atoms with van der Waals surface area (Å²) >= 11 is 0. The maximum absolute atomic E-state index is 12.9. The first-order valence-corrected chi connectivity index (χ1v) is 10.6. The molecule has 0 bridgehead atoms. The molecule has 1 aromatic heterocycles. The molecular formula is C22H30ClN5O2. The molecule has 7 nitrogen and oxygen atoms in total. The molecule has 2 aliphatic rings. The predicted octanol–water partition coefficient (Wildman–Crippen LogP) is 2.51. The number of aromatic nitrogens is 2. The van der Waals surface area contributed by atoms with Crippen LogP contribution in [0.5, 0.6) is 0 Å². The van der Waals surface area contributed by atoms with Crippen LogP contribution in [0.25, 0.3) is 0 Å². The Morgan fingerprint density at radius 3 is 2.73 bits per heavy atom. The summed E-state index contributed by atoms with van der Waals surface area (Å²) in [6, 6.07) is 11.4. The minimum absolute atomic E-state index is 0. The fourth-order valence-electron chi connectivity index (χ4n) is 4.22. The van der Waals surface area contributed by atoms with Crippen molar-refractivity contribution in [1.29, 1.82) is 0 Å². The average Bonchev–Trinajstić information content (AvgIpc) is 3.29. The topological polar surface area (TPSA) is 79.3 Å². The van der Waals surface area contributed by atoms with E-state index >= 15 is 0 Å². The monoisotopic (exact) mass is 431 g/mol. The summed E-state index contributed by atoms with van der Waals surface area (Å²) in [7, 11) is 0. The van der Waals surface area contributed by atoms with Crippen LogP contribution in [0, 0.1) is 5.92 Å². The van der Waals surface area contributed by atoms with E-state index in [1.165, 1.54) is 0 Å². The fourth-order valence-corrected chi connectivity index (χ4v) is 4.22. The number of carbonyl (C=O) groups excluding carboxylic acids is 2. The number of likely N-dealkylation sites (tertiary alicyclic amines) is 1. The molecule has 2 N–H and O–H groups in total. The third kappa shape index (κ3) is 5.40. The van der Waals surface area contributed by atoms with Crippen LogP contribution in [0.4, 0.5) is 0 Å². The van der Waals surface area contributed by atoms with Crippen molar-refractivity contribution >= 4 is 24.2 Å². The van der Waals surface area contributed by atoms with Crippen LogP contribution in [0.15, 0.2) is 42.6 Å². The second-order valence-electron chi connectivity index (χ2n) is 8.02. The highest BCUT2D eigenvalue weighted by molar-refractivity contribution is 5.94. The molecule has 0 spiro atoms. The molecule has 1 aromatic carbocycles. The van der Waals surface area contributed by atoms with Gasteiger partial charge in [-0.3, -0.25) is 14.3 Å². The van der Waals surface area contributed by atoms with E-state index in [4.69, 9.17) is 0 Å². The fraction of sp³-hybridized carbons (Fsp3) is 0.500. The molecule has 2 aromatic rings. The number of nitrogens with zero attached hydrogens (tertiary/aromatic N) is 3. The summed E-state index contributed by atoms with van der Waals surface area (Å²) in [5, 5.41) is 11.0. The van der Waals surface area contributed by atoms with Gasteiger partial charge in [0.15, 0.2) is 0 Å². The maximum atomic E-state index is 12.9. The first-order valence-electron chi connectivity index (χ1n) is 10.6. The van der Waals surface area contributed by atoms with Crippen molar-refractivity contribution in [2.75, 3.05) is 32.7 Å². The highest BCUT2D eigenvalue weighted by Crippen LogP contribution is 2.20. The molecule has 4 rings (SSSR count). The number of hydrogen-bond acceptors (Lipinski definition) is 4. The van der Waals surface area contributed by atoms with Crippen molar-refractivity contribution in [2.45, 2.75) is 31.7 Å². The molecule has 30 heavy (non-hydrogen) atoms. The van der Waals surface area contributed by atoms with Crippen molar-refractivity contribution < 1.29 is 9.59 Å². The van der Waals surface area contributed by atoms with Gasteiger partial charge in [-0.05, 0) is 56.3 Å². The quantitative estimate of drug-likeness (QED) is 0.762. The predicted molar refractivity (Wildman–Crippen MR) is 118 cm³/mol. The van der Waals surface area contributed by atoms with Gasteiger partial charge in [0.25, 0.3) is 11.8 Å². The normalized spacial score (nSPS) is 21.5. The van der Waals surface area contributed by atoms with Crippen molar-refractivity contribution in [3.63, 3.8) is 0 Å². The van der Waals surface area contributed by atoms with Gasteiger partial charge in [-0.15, -0.1) is 12.4 Å². The lowest BCUT2D eigenvalue weighted by atomic mass is 9.97. The van der Waals surface area contributed by atoms with E-state index in [0.717, 1.165) is 45.3 Å². The summed E-state index contributed by atoms with van der Waals surface area (Å²) in [5.74, 6) is 0.200.